The Morgan fingerprint density at radius 2 is 2.04 bits per heavy atom. The molecular weight excluding hydrogens is 310 g/mol. The summed E-state index contributed by atoms with van der Waals surface area (Å²) in [4.78, 5) is 25.9. The van der Waals surface area contributed by atoms with Gasteiger partial charge in [-0.2, -0.15) is 0 Å². The van der Waals surface area contributed by atoms with Crippen LogP contribution in [0.3, 0.4) is 0 Å². The summed E-state index contributed by atoms with van der Waals surface area (Å²) >= 11 is 0. The molecule has 7 nitrogen and oxygen atoms in total. The highest BCUT2D eigenvalue weighted by Crippen LogP contribution is 2.11. The van der Waals surface area contributed by atoms with Crippen LogP contribution < -0.4 is 10.6 Å². The summed E-state index contributed by atoms with van der Waals surface area (Å²) in [6.45, 7) is 10.2. The summed E-state index contributed by atoms with van der Waals surface area (Å²) in [5.74, 6) is -0.938. The van der Waals surface area contributed by atoms with Gasteiger partial charge in [0.1, 0.15) is 5.60 Å². The number of amides is 1. The lowest BCUT2D eigenvalue weighted by Crippen LogP contribution is -2.42. The van der Waals surface area contributed by atoms with Crippen molar-refractivity contribution in [1.29, 1.82) is 0 Å². The number of nitrogens with one attached hydrogen (secondary N) is 3. The van der Waals surface area contributed by atoms with Crippen molar-refractivity contribution in [2.24, 2.45) is 0 Å². The fourth-order valence-electron chi connectivity index (χ4n) is 2.34. The molecule has 136 valence electrons. The second-order valence-corrected chi connectivity index (χ2v) is 6.89. The monoisotopic (exact) mass is 339 g/mol. The lowest BCUT2D eigenvalue weighted by Gasteiger charge is -2.22. The number of aryl methyl sites for hydroxylation is 1. The van der Waals surface area contributed by atoms with E-state index in [1.165, 1.54) is 0 Å². The van der Waals surface area contributed by atoms with Gasteiger partial charge in [-0.1, -0.05) is 13.3 Å². The van der Waals surface area contributed by atoms with Gasteiger partial charge in [0.25, 0.3) is 0 Å². The van der Waals surface area contributed by atoms with Crippen LogP contribution in [0.25, 0.3) is 0 Å². The molecule has 1 aromatic rings. The number of carboxylic acids is 1. The van der Waals surface area contributed by atoms with E-state index in [2.05, 4.69) is 22.5 Å². The quantitative estimate of drug-likeness (QED) is 0.583. The summed E-state index contributed by atoms with van der Waals surface area (Å²) in [6, 6.07) is 1.72. The van der Waals surface area contributed by atoms with Gasteiger partial charge in [0.2, 0.25) is 0 Å². The molecule has 0 radical (unpaired) electrons. The molecule has 0 aliphatic carbocycles. The van der Waals surface area contributed by atoms with Crippen molar-refractivity contribution in [1.82, 2.24) is 15.6 Å². The van der Waals surface area contributed by atoms with E-state index in [-0.39, 0.29) is 11.6 Å². The van der Waals surface area contributed by atoms with Crippen molar-refractivity contribution in [3.05, 3.63) is 23.0 Å². The highest BCUT2D eigenvalue weighted by Gasteiger charge is 2.17. The summed E-state index contributed by atoms with van der Waals surface area (Å²) < 4.78 is 5.23. The number of aromatic amines is 1. The van der Waals surface area contributed by atoms with Gasteiger partial charge >= 0.3 is 12.1 Å². The third-order valence-electron chi connectivity index (χ3n) is 3.41. The van der Waals surface area contributed by atoms with Gasteiger partial charge in [-0.25, -0.2) is 9.59 Å². The molecule has 0 spiro atoms. The smallest absolute Gasteiger partial charge is 0.407 e. The van der Waals surface area contributed by atoms with E-state index in [1.54, 1.807) is 13.0 Å². The van der Waals surface area contributed by atoms with Crippen LogP contribution in [0, 0.1) is 6.92 Å². The second kappa shape index (κ2) is 8.73. The van der Waals surface area contributed by atoms with Gasteiger partial charge in [-0.15, -0.1) is 0 Å². The Kier molecular flexibility index (Phi) is 7.28. The van der Waals surface area contributed by atoms with Crippen LogP contribution in [0.4, 0.5) is 4.79 Å². The Labute approximate surface area is 143 Å². The third kappa shape index (κ3) is 7.04. The van der Waals surface area contributed by atoms with Crippen LogP contribution >= 0.6 is 0 Å². The molecule has 1 amide bonds. The maximum absolute atomic E-state index is 11.7. The minimum atomic E-state index is -0.938. The molecule has 0 fully saturated rings. The van der Waals surface area contributed by atoms with Crippen LogP contribution in [-0.2, 0) is 11.3 Å². The topological polar surface area (TPSA) is 103 Å². The summed E-state index contributed by atoms with van der Waals surface area (Å²) in [5.41, 5.74) is 1.21. The summed E-state index contributed by atoms with van der Waals surface area (Å²) in [7, 11) is 0. The summed E-state index contributed by atoms with van der Waals surface area (Å²) in [6.07, 6.45) is 1.42. The zero-order valence-corrected chi connectivity index (χ0v) is 15.2. The number of aromatic carboxylic acids is 1. The molecule has 0 bridgehead atoms. The fourth-order valence-corrected chi connectivity index (χ4v) is 2.34. The van der Waals surface area contributed by atoms with E-state index in [4.69, 9.17) is 9.84 Å². The van der Waals surface area contributed by atoms with E-state index < -0.39 is 17.7 Å². The average Bonchev–Trinajstić information content (AvgIpc) is 2.81. The molecule has 1 aromatic heterocycles. The standard InChI is InChI=1S/C17H29N3O4/c1-6-7-12(9-19-16(23)24-17(3,4)5)18-10-13-8-14(15(21)22)11(2)20-13/h8,12,18,20H,6-7,9-10H2,1-5H3,(H,19,23)(H,21,22). The lowest BCUT2D eigenvalue weighted by atomic mass is 10.1. The molecule has 0 aromatic carbocycles. The predicted molar refractivity (Wildman–Crippen MR) is 92.3 cm³/mol. The first-order valence-corrected chi connectivity index (χ1v) is 8.24. The van der Waals surface area contributed by atoms with E-state index in [0.29, 0.717) is 18.8 Å². The molecule has 1 atom stereocenters. The largest absolute Gasteiger partial charge is 0.478 e. The van der Waals surface area contributed by atoms with Gasteiger partial charge in [0, 0.05) is 30.5 Å². The number of ether oxygens (including phenoxy) is 1. The molecule has 1 rings (SSSR count). The van der Waals surface area contributed by atoms with Crippen molar-refractivity contribution in [3.8, 4) is 0 Å². The van der Waals surface area contributed by atoms with E-state index in [9.17, 15) is 9.59 Å². The number of hydrogen-bond acceptors (Lipinski definition) is 4. The first-order valence-electron chi connectivity index (χ1n) is 8.24. The normalized spacial score (nSPS) is 12.7. The lowest BCUT2D eigenvalue weighted by molar-refractivity contribution is 0.0521. The van der Waals surface area contributed by atoms with Crippen molar-refractivity contribution < 1.29 is 19.4 Å². The van der Waals surface area contributed by atoms with E-state index in [1.807, 2.05) is 20.8 Å². The molecular formula is C17H29N3O4. The first-order chi connectivity index (χ1) is 11.1. The van der Waals surface area contributed by atoms with E-state index in [0.717, 1.165) is 18.5 Å². The highest BCUT2D eigenvalue weighted by atomic mass is 16.6. The predicted octanol–water partition coefficient (Wildman–Crippen LogP) is 2.80. The molecule has 1 heterocycles. The SMILES string of the molecule is CCCC(CNC(=O)OC(C)(C)C)NCc1cc(C(=O)O)c(C)[nH]1. The maximum atomic E-state index is 11.7. The van der Waals surface area contributed by atoms with Crippen molar-refractivity contribution in [2.45, 2.75) is 65.6 Å². The zero-order chi connectivity index (χ0) is 18.3. The van der Waals surface area contributed by atoms with Crippen molar-refractivity contribution in [3.63, 3.8) is 0 Å². The highest BCUT2D eigenvalue weighted by molar-refractivity contribution is 5.89. The maximum Gasteiger partial charge on any atom is 0.407 e. The molecule has 0 aliphatic heterocycles. The Bertz CT molecular complexity index is 561. The number of alkyl carbamates (subject to hydrolysis) is 1. The number of aromatic nitrogens is 1. The molecule has 0 saturated carbocycles. The number of H-pyrrole nitrogens is 1. The molecule has 0 saturated heterocycles. The number of carbonyl (C=O) groups is 2. The van der Waals surface area contributed by atoms with Crippen LogP contribution in [0.2, 0.25) is 0 Å². The van der Waals surface area contributed by atoms with Gasteiger partial charge in [-0.05, 0) is 40.2 Å². The number of carbonyl (C=O) groups excluding carboxylic acids is 1. The Morgan fingerprint density at radius 3 is 2.54 bits per heavy atom. The molecule has 7 heteroatoms. The minimum Gasteiger partial charge on any atom is -0.478 e. The number of rotatable bonds is 8. The van der Waals surface area contributed by atoms with Crippen molar-refractivity contribution in [2.75, 3.05) is 6.54 Å². The van der Waals surface area contributed by atoms with Gasteiger partial charge < -0.3 is 25.5 Å². The number of carboxylic acid groups (broad SMARTS) is 1. The van der Waals surface area contributed by atoms with Gasteiger partial charge in [0.15, 0.2) is 0 Å². The molecule has 1 unspecified atom stereocenters. The molecule has 0 aliphatic rings. The fraction of sp³-hybridized carbons (Fsp3) is 0.647. The van der Waals surface area contributed by atoms with Crippen LogP contribution in [-0.4, -0.2) is 40.3 Å². The zero-order valence-electron chi connectivity index (χ0n) is 15.2. The Balaban J connectivity index is 2.52. The third-order valence-corrected chi connectivity index (χ3v) is 3.41. The molecule has 24 heavy (non-hydrogen) atoms. The minimum absolute atomic E-state index is 0.0828. The summed E-state index contributed by atoms with van der Waals surface area (Å²) in [5, 5.41) is 15.2. The van der Waals surface area contributed by atoms with Crippen LogP contribution in [0.15, 0.2) is 6.07 Å². The Hall–Kier alpha value is -2.02. The number of hydrogen-bond donors (Lipinski definition) is 4. The second-order valence-electron chi connectivity index (χ2n) is 6.89. The van der Waals surface area contributed by atoms with Gasteiger partial charge in [0.05, 0.1) is 5.56 Å². The molecule has 4 N–H and O–H groups in total. The van der Waals surface area contributed by atoms with Crippen molar-refractivity contribution >= 4 is 12.1 Å². The average molecular weight is 339 g/mol. The first kappa shape index (κ1) is 20.0. The van der Waals surface area contributed by atoms with Crippen LogP contribution in [0.5, 0.6) is 0 Å². The van der Waals surface area contributed by atoms with E-state index >= 15 is 0 Å². The van der Waals surface area contributed by atoms with Crippen LogP contribution in [0.1, 0.15) is 62.3 Å². The van der Waals surface area contributed by atoms with Gasteiger partial charge in [-0.3, -0.25) is 0 Å². The Morgan fingerprint density at radius 1 is 1.38 bits per heavy atom.